The average Bonchev–Trinajstić information content (AvgIpc) is 3.17. The van der Waals surface area contributed by atoms with E-state index in [0.29, 0.717) is 45.9 Å². The molecule has 1 aliphatic heterocycles. The molecule has 1 saturated heterocycles. The Bertz CT molecular complexity index is 1380. The Labute approximate surface area is 227 Å². The number of Topliss-reactive ketones (excluding diaryl/α,β-unsaturated/α-hetero) is 1. The maximum absolute atomic E-state index is 13.5. The number of anilines is 2. The maximum Gasteiger partial charge on any atom is 0.300 e. The number of carbonyl (C=O) groups is 2. The van der Waals surface area contributed by atoms with Crippen LogP contribution in [0.2, 0.25) is 5.02 Å². The first-order valence-corrected chi connectivity index (χ1v) is 12.6. The number of aliphatic hydroxyl groups is 1. The highest BCUT2D eigenvalue weighted by Crippen LogP contribution is 2.44. The molecule has 38 heavy (non-hydrogen) atoms. The summed E-state index contributed by atoms with van der Waals surface area (Å²) in [6.45, 7) is 4.58. The molecule has 0 spiro atoms. The molecule has 0 radical (unpaired) electrons. The van der Waals surface area contributed by atoms with Crippen molar-refractivity contribution in [3.05, 3.63) is 88.5 Å². The minimum absolute atomic E-state index is 0.0134. The van der Waals surface area contributed by atoms with Crippen LogP contribution in [0.4, 0.5) is 11.4 Å². The lowest BCUT2D eigenvalue weighted by molar-refractivity contribution is -0.132. The van der Waals surface area contributed by atoms with Gasteiger partial charge in [0.2, 0.25) is 0 Å². The molecule has 1 atom stereocenters. The molecule has 8 heteroatoms. The molecule has 0 aliphatic carbocycles. The zero-order valence-corrected chi connectivity index (χ0v) is 22.8. The fourth-order valence-electron chi connectivity index (χ4n) is 4.33. The largest absolute Gasteiger partial charge is 0.507 e. The molecule has 1 N–H and O–H groups in total. The van der Waals surface area contributed by atoms with Gasteiger partial charge in [-0.05, 0) is 53.9 Å². The Morgan fingerprint density at radius 3 is 2.37 bits per heavy atom. The lowest BCUT2D eigenvalue weighted by atomic mass is 9.94. The monoisotopic (exact) mass is 534 g/mol. The Morgan fingerprint density at radius 1 is 1.05 bits per heavy atom. The number of hydrogen-bond acceptors (Lipinski definition) is 6. The van der Waals surface area contributed by atoms with Gasteiger partial charge in [0, 0.05) is 31.0 Å². The van der Waals surface area contributed by atoms with Crippen LogP contribution in [0, 0.1) is 5.92 Å². The van der Waals surface area contributed by atoms with Gasteiger partial charge in [0.1, 0.15) is 17.3 Å². The molecule has 1 amide bonds. The summed E-state index contributed by atoms with van der Waals surface area (Å²) < 4.78 is 11.1. The lowest BCUT2D eigenvalue weighted by Crippen LogP contribution is -2.29. The number of hydrogen-bond donors (Lipinski definition) is 1. The van der Waals surface area contributed by atoms with Crippen molar-refractivity contribution < 1.29 is 24.2 Å². The van der Waals surface area contributed by atoms with Gasteiger partial charge in [-0.1, -0.05) is 49.7 Å². The smallest absolute Gasteiger partial charge is 0.300 e. The zero-order chi connectivity index (χ0) is 27.6. The first-order chi connectivity index (χ1) is 18.1. The van der Waals surface area contributed by atoms with Gasteiger partial charge in [0.15, 0.2) is 0 Å². The number of ether oxygens (including phenoxy) is 2. The number of amides is 1. The maximum atomic E-state index is 13.5. The highest BCUT2D eigenvalue weighted by Gasteiger charge is 2.47. The van der Waals surface area contributed by atoms with Crippen molar-refractivity contribution in [2.24, 2.45) is 5.92 Å². The second-order valence-electron chi connectivity index (χ2n) is 9.71. The standard InChI is InChI=1S/C30H31ClN2O5/c1-18(2)17-38-23-8-6-7-20(15-23)28(34)26-27(19-9-11-21(12-10-19)32(3)4)33(30(36)29(26)35)22-13-14-25(37-5)24(31)16-22/h6-16,18,27,34H,17H2,1-5H3/b28-26+. The zero-order valence-electron chi connectivity index (χ0n) is 22.1. The van der Waals surface area contributed by atoms with E-state index in [1.165, 1.54) is 12.0 Å². The minimum atomic E-state index is -0.879. The molecule has 3 aromatic carbocycles. The number of aliphatic hydroxyl groups excluding tert-OH is 1. The molecule has 4 rings (SSSR count). The summed E-state index contributed by atoms with van der Waals surface area (Å²) in [7, 11) is 5.35. The summed E-state index contributed by atoms with van der Waals surface area (Å²) >= 11 is 6.38. The number of nitrogens with zero attached hydrogens (tertiary/aromatic N) is 2. The second kappa shape index (κ2) is 11.2. The molecule has 1 unspecified atom stereocenters. The number of ketones is 1. The SMILES string of the molecule is COc1ccc(N2C(=O)C(=O)/C(=C(/O)c3cccc(OCC(C)C)c3)C2c2ccc(N(C)C)cc2)cc1Cl. The molecule has 0 saturated carbocycles. The van der Waals surface area contributed by atoms with Crippen molar-refractivity contribution in [3.63, 3.8) is 0 Å². The predicted octanol–water partition coefficient (Wildman–Crippen LogP) is 6.08. The van der Waals surface area contributed by atoms with Crippen LogP contribution in [0.3, 0.4) is 0 Å². The van der Waals surface area contributed by atoms with Crippen LogP contribution in [-0.2, 0) is 9.59 Å². The van der Waals surface area contributed by atoms with Crippen LogP contribution in [-0.4, -0.2) is 44.6 Å². The Balaban J connectivity index is 1.87. The summed E-state index contributed by atoms with van der Waals surface area (Å²) in [4.78, 5) is 30.2. The van der Waals surface area contributed by atoms with Gasteiger partial charge in [-0.2, -0.15) is 0 Å². The number of halogens is 1. The van der Waals surface area contributed by atoms with E-state index >= 15 is 0 Å². The van der Waals surface area contributed by atoms with Crippen LogP contribution >= 0.6 is 11.6 Å². The molecular weight excluding hydrogens is 504 g/mol. The summed E-state index contributed by atoms with van der Waals surface area (Å²) in [6.07, 6.45) is 0. The molecule has 1 heterocycles. The third kappa shape index (κ3) is 5.34. The Kier molecular flexibility index (Phi) is 7.97. The van der Waals surface area contributed by atoms with Gasteiger partial charge in [0.25, 0.3) is 11.7 Å². The van der Waals surface area contributed by atoms with Crippen LogP contribution in [0.1, 0.15) is 31.0 Å². The van der Waals surface area contributed by atoms with Gasteiger partial charge in [-0.3, -0.25) is 14.5 Å². The van der Waals surface area contributed by atoms with E-state index in [9.17, 15) is 14.7 Å². The normalized spacial score (nSPS) is 16.7. The molecular formula is C30H31ClN2O5. The third-order valence-corrected chi connectivity index (χ3v) is 6.57. The molecule has 0 bridgehead atoms. The lowest BCUT2D eigenvalue weighted by Gasteiger charge is -2.26. The van der Waals surface area contributed by atoms with Crippen LogP contribution in [0.15, 0.2) is 72.3 Å². The summed E-state index contributed by atoms with van der Waals surface area (Å²) in [5.74, 6) is -0.504. The van der Waals surface area contributed by atoms with Crippen molar-refractivity contribution in [2.75, 3.05) is 37.6 Å². The molecule has 1 fully saturated rings. The van der Waals surface area contributed by atoms with E-state index in [1.54, 1.807) is 42.5 Å². The topological polar surface area (TPSA) is 79.3 Å². The number of carbonyl (C=O) groups excluding carboxylic acids is 2. The van der Waals surface area contributed by atoms with Crippen molar-refractivity contribution >= 4 is 40.4 Å². The Morgan fingerprint density at radius 2 is 1.76 bits per heavy atom. The van der Waals surface area contributed by atoms with E-state index in [2.05, 4.69) is 0 Å². The van der Waals surface area contributed by atoms with Gasteiger partial charge < -0.3 is 19.5 Å². The van der Waals surface area contributed by atoms with E-state index in [-0.39, 0.29) is 11.3 Å². The van der Waals surface area contributed by atoms with Crippen LogP contribution in [0.5, 0.6) is 11.5 Å². The molecule has 0 aromatic heterocycles. The molecule has 7 nitrogen and oxygen atoms in total. The predicted molar refractivity (Wildman–Crippen MR) is 150 cm³/mol. The first kappa shape index (κ1) is 27.1. The second-order valence-corrected chi connectivity index (χ2v) is 10.1. The summed E-state index contributed by atoms with van der Waals surface area (Å²) in [5, 5.41) is 11.8. The first-order valence-electron chi connectivity index (χ1n) is 12.3. The van der Waals surface area contributed by atoms with Crippen molar-refractivity contribution in [1.29, 1.82) is 0 Å². The average molecular weight is 535 g/mol. The van der Waals surface area contributed by atoms with Crippen LogP contribution < -0.4 is 19.3 Å². The minimum Gasteiger partial charge on any atom is -0.507 e. The number of benzene rings is 3. The van der Waals surface area contributed by atoms with E-state index in [1.807, 2.05) is 57.1 Å². The summed E-state index contributed by atoms with van der Waals surface area (Å²) in [5.41, 5.74) is 2.39. The van der Waals surface area contributed by atoms with Crippen LogP contribution in [0.25, 0.3) is 5.76 Å². The van der Waals surface area contributed by atoms with E-state index in [4.69, 9.17) is 21.1 Å². The molecule has 3 aromatic rings. The van der Waals surface area contributed by atoms with Gasteiger partial charge in [-0.25, -0.2) is 0 Å². The highest BCUT2D eigenvalue weighted by molar-refractivity contribution is 6.51. The van der Waals surface area contributed by atoms with Gasteiger partial charge in [0.05, 0.1) is 30.4 Å². The van der Waals surface area contributed by atoms with Crippen molar-refractivity contribution in [3.8, 4) is 11.5 Å². The number of rotatable bonds is 8. The fraction of sp³-hybridized carbons (Fsp3) is 0.267. The highest BCUT2D eigenvalue weighted by atomic mass is 35.5. The van der Waals surface area contributed by atoms with Crippen molar-refractivity contribution in [2.45, 2.75) is 19.9 Å². The van der Waals surface area contributed by atoms with Crippen molar-refractivity contribution in [1.82, 2.24) is 0 Å². The summed E-state index contributed by atoms with van der Waals surface area (Å²) in [6, 6.07) is 18.4. The Hall–Kier alpha value is -3.97. The number of methoxy groups -OCH3 is 1. The van der Waals surface area contributed by atoms with E-state index < -0.39 is 17.7 Å². The van der Waals surface area contributed by atoms with Gasteiger partial charge in [-0.15, -0.1) is 0 Å². The fourth-order valence-corrected chi connectivity index (χ4v) is 4.58. The molecule has 198 valence electrons. The van der Waals surface area contributed by atoms with E-state index in [0.717, 1.165) is 5.69 Å². The van der Waals surface area contributed by atoms with Gasteiger partial charge >= 0.3 is 0 Å². The third-order valence-electron chi connectivity index (χ3n) is 6.27. The molecule has 1 aliphatic rings. The quantitative estimate of drug-likeness (QED) is 0.214.